The molecule has 2 aromatic carbocycles. The molecule has 134 valence electrons. The SMILES string of the molecule is CCCCc1ccc(NC(=O)NCCc2c(Cl)cccc2Cl)c(C)c1. The van der Waals surface area contributed by atoms with Crippen molar-refractivity contribution in [3.05, 3.63) is 63.1 Å². The van der Waals surface area contributed by atoms with E-state index < -0.39 is 0 Å². The number of nitrogens with one attached hydrogen (secondary N) is 2. The van der Waals surface area contributed by atoms with Gasteiger partial charge in [0.2, 0.25) is 0 Å². The number of aryl methyl sites for hydroxylation is 2. The van der Waals surface area contributed by atoms with E-state index >= 15 is 0 Å². The second-order valence-electron chi connectivity index (χ2n) is 6.08. The van der Waals surface area contributed by atoms with E-state index in [4.69, 9.17) is 23.2 Å². The molecule has 2 N–H and O–H groups in total. The Bertz CT molecular complexity index is 711. The largest absolute Gasteiger partial charge is 0.338 e. The fraction of sp³-hybridized carbons (Fsp3) is 0.350. The van der Waals surface area contributed by atoms with Crippen LogP contribution in [0.4, 0.5) is 10.5 Å². The third kappa shape index (κ3) is 5.94. The van der Waals surface area contributed by atoms with E-state index in [1.807, 2.05) is 13.0 Å². The summed E-state index contributed by atoms with van der Waals surface area (Å²) in [6.07, 6.45) is 4.01. The lowest BCUT2D eigenvalue weighted by atomic mass is 10.0. The number of amides is 2. The number of carbonyl (C=O) groups is 1. The summed E-state index contributed by atoms with van der Waals surface area (Å²) in [7, 11) is 0. The Morgan fingerprint density at radius 1 is 1.08 bits per heavy atom. The van der Waals surface area contributed by atoms with Crippen molar-refractivity contribution >= 4 is 34.9 Å². The number of carbonyl (C=O) groups excluding carboxylic acids is 1. The minimum Gasteiger partial charge on any atom is -0.338 e. The first-order valence-electron chi connectivity index (χ1n) is 8.58. The maximum Gasteiger partial charge on any atom is 0.319 e. The first-order valence-corrected chi connectivity index (χ1v) is 9.34. The summed E-state index contributed by atoms with van der Waals surface area (Å²) in [4.78, 5) is 12.1. The van der Waals surface area contributed by atoms with Crippen molar-refractivity contribution in [1.29, 1.82) is 0 Å². The van der Waals surface area contributed by atoms with Crippen molar-refractivity contribution in [2.45, 2.75) is 39.5 Å². The Morgan fingerprint density at radius 3 is 2.44 bits per heavy atom. The van der Waals surface area contributed by atoms with Crippen molar-refractivity contribution in [2.75, 3.05) is 11.9 Å². The van der Waals surface area contributed by atoms with E-state index in [1.54, 1.807) is 18.2 Å². The standard InChI is InChI=1S/C20H24Cl2N2O/c1-3-4-6-15-9-10-19(14(2)13-15)24-20(25)23-12-11-16-17(21)7-5-8-18(16)22/h5,7-10,13H,3-4,6,11-12H2,1-2H3,(H2,23,24,25). The fourth-order valence-electron chi connectivity index (χ4n) is 2.64. The third-order valence-electron chi connectivity index (χ3n) is 4.08. The summed E-state index contributed by atoms with van der Waals surface area (Å²) in [6.45, 7) is 4.65. The minimum atomic E-state index is -0.229. The molecule has 2 aromatic rings. The second kappa shape index (κ2) is 9.69. The molecule has 0 spiro atoms. The van der Waals surface area contributed by atoms with Gasteiger partial charge < -0.3 is 10.6 Å². The van der Waals surface area contributed by atoms with Crippen LogP contribution in [0.2, 0.25) is 10.0 Å². The van der Waals surface area contributed by atoms with Crippen molar-refractivity contribution in [2.24, 2.45) is 0 Å². The van der Waals surface area contributed by atoms with Crippen LogP contribution in [0.1, 0.15) is 36.5 Å². The van der Waals surface area contributed by atoms with E-state index in [2.05, 4.69) is 29.7 Å². The first-order chi connectivity index (χ1) is 12.0. The number of halogens is 2. The van der Waals surface area contributed by atoms with Crippen molar-refractivity contribution in [1.82, 2.24) is 5.32 Å². The number of urea groups is 1. The summed E-state index contributed by atoms with van der Waals surface area (Å²) in [6, 6.07) is 11.3. The van der Waals surface area contributed by atoms with Gasteiger partial charge in [-0.05, 0) is 61.1 Å². The smallest absolute Gasteiger partial charge is 0.319 e. The highest BCUT2D eigenvalue weighted by molar-refractivity contribution is 6.36. The van der Waals surface area contributed by atoms with Crippen molar-refractivity contribution < 1.29 is 4.79 Å². The highest BCUT2D eigenvalue weighted by Crippen LogP contribution is 2.24. The minimum absolute atomic E-state index is 0.229. The summed E-state index contributed by atoms with van der Waals surface area (Å²) in [5, 5.41) is 6.97. The Labute approximate surface area is 159 Å². The van der Waals surface area contributed by atoms with Gasteiger partial charge in [-0.25, -0.2) is 4.79 Å². The lowest BCUT2D eigenvalue weighted by Crippen LogP contribution is -2.30. The van der Waals surface area contributed by atoms with Crippen LogP contribution in [0.25, 0.3) is 0 Å². The van der Waals surface area contributed by atoms with E-state index in [1.165, 1.54) is 18.4 Å². The molecule has 0 heterocycles. The van der Waals surface area contributed by atoms with Gasteiger partial charge in [-0.1, -0.05) is 54.7 Å². The van der Waals surface area contributed by atoms with Crippen molar-refractivity contribution in [3.8, 4) is 0 Å². The number of benzene rings is 2. The lowest BCUT2D eigenvalue weighted by Gasteiger charge is -2.12. The van der Waals surface area contributed by atoms with Gasteiger partial charge in [-0.3, -0.25) is 0 Å². The zero-order valence-electron chi connectivity index (χ0n) is 14.7. The Hall–Kier alpha value is -1.71. The van der Waals surface area contributed by atoms with E-state index in [9.17, 15) is 4.79 Å². The molecule has 0 saturated heterocycles. The zero-order chi connectivity index (χ0) is 18.2. The molecule has 2 rings (SSSR count). The highest BCUT2D eigenvalue weighted by Gasteiger charge is 2.08. The van der Waals surface area contributed by atoms with E-state index in [0.717, 1.165) is 23.2 Å². The van der Waals surface area contributed by atoms with Crippen LogP contribution < -0.4 is 10.6 Å². The molecule has 3 nitrogen and oxygen atoms in total. The van der Waals surface area contributed by atoms with Crippen LogP contribution in [-0.2, 0) is 12.8 Å². The molecule has 2 amide bonds. The van der Waals surface area contributed by atoms with E-state index in [0.29, 0.717) is 23.0 Å². The van der Waals surface area contributed by atoms with Gasteiger partial charge in [0.05, 0.1) is 0 Å². The summed E-state index contributed by atoms with van der Waals surface area (Å²) in [5.41, 5.74) is 4.05. The second-order valence-corrected chi connectivity index (χ2v) is 6.90. The quantitative estimate of drug-likeness (QED) is 0.608. The van der Waals surface area contributed by atoms with Crippen LogP contribution >= 0.6 is 23.2 Å². The molecule has 0 aliphatic heterocycles. The molecular weight excluding hydrogens is 355 g/mol. The summed E-state index contributed by atoms with van der Waals surface area (Å²) >= 11 is 12.3. The predicted molar refractivity (Wildman–Crippen MR) is 107 cm³/mol. The van der Waals surface area contributed by atoms with Crippen LogP contribution in [0, 0.1) is 6.92 Å². The predicted octanol–water partition coefficient (Wildman–Crippen LogP) is 6.01. The molecule has 5 heteroatoms. The number of unbranched alkanes of at least 4 members (excludes halogenated alkanes) is 1. The third-order valence-corrected chi connectivity index (χ3v) is 4.79. The van der Waals surface area contributed by atoms with Gasteiger partial charge in [0, 0.05) is 22.3 Å². The molecule has 25 heavy (non-hydrogen) atoms. The molecule has 0 unspecified atom stereocenters. The topological polar surface area (TPSA) is 41.1 Å². The van der Waals surface area contributed by atoms with Gasteiger partial charge in [0.15, 0.2) is 0 Å². The molecule has 0 bridgehead atoms. The van der Waals surface area contributed by atoms with Gasteiger partial charge >= 0.3 is 6.03 Å². The van der Waals surface area contributed by atoms with Gasteiger partial charge in [0.1, 0.15) is 0 Å². The number of rotatable bonds is 7. The average Bonchev–Trinajstić information content (AvgIpc) is 2.58. The van der Waals surface area contributed by atoms with Crippen LogP contribution in [0.15, 0.2) is 36.4 Å². The molecule has 0 aliphatic rings. The monoisotopic (exact) mass is 378 g/mol. The van der Waals surface area contributed by atoms with Crippen LogP contribution in [0.3, 0.4) is 0 Å². The molecule has 0 aliphatic carbocycles. The first kappa shape index (κ1) is 19.6. The number of hydrogen-bond acceptors (Lipinski definition) is 1. The van der Waals surface area contributed by atoms with Crippen molar-refractivity contribution in [3.63, 3.8) is 0 Å². The lowest BCUT2D eigenvalue weighted by molar-refractivity contribution is 0.252. The highest BCUT2D eigenvalue weighted by atomic mass is 35.5. The number of hydrogen-bond donors (Lipinski definition) is 2. The normalized spacial score (nSPS) is 10.6. The Balaban J connectivity index is 1.86. The molecule has 0 atom stereocenters. The van der Waals surface area contributed by atoms with Crippen LogP contribution in [-0.4, -0.2) is 12.6 Å². The Morgan fingerprint density at radius 2 is 1.80 bits per heavy atom. The maximum atomic E-state index is 12.1. The summed E-state index contributed by atoms with van der Waals surface area (Å²) < 4.78 is 0. The van der Waals surface area contributed by atoms with E-state index in [-0.39, 0.29) is 6.03 Å². The van der Waals surface area contributed by atoms with Crippen LogP contribution in [0.5, 0.6) is 0 Å². The molecular formula is C20H24Cl2N2O. The zero-order valence-corrected chi connectivity index (χ0v) is 16.2. The average molecular weight is 379 g/mol. The van der Waals surface area contributed by atoms with Gasteiger partial charge in [0.25, 0.3) is 0 Å². The summed E-state index contributed by atoms with van der Waals surface area (Å²) in [5.74, 6) is 0. The Kier molecular flexibility index (Phi) is 7.60. The number of anilines is 1. The molecule has 0 aromatic heterocycles. The fourth-order valence-corrected chi connectivity index (χ4v) is 3.23. The molecule has 0 fully saturated rings. The maximum absolute atomic E-state index is 12.1. The molecule has 0 saturated carbocycles. The van der Waals surface area contributed by atoms with Gasteiger partial charge in [-0.15, -0.1) is 0 Å². The van der Waals surface area contributed by atoms with Gasteiger partial charge in [-0.2, -0.15) is 0 Å². The molecule has 0 radical (unpaired) electrons.